The first-order valence-corrected chi connectivity index (χ1v) is 4.59. The van der Waals surface area contributed by atoms with Crippen LogP contribution < -0.4 is 16.6 Å². The summed E-state index contributed by atoms with van der Waals surface area (Å²) in [4.78, 5) is 3.84. The van der Waals surface area contributed by atoms with E-state index < -0.39 is 0 Å². The van der Waals surface area contributed by atoms with Crippen LogP contribution in [0.5, 0.6) is 0 Å². The Labute approximate surface area is 92.1 Å². The highest BCUT2D eigenvalue weighted by Crippen LogP contribution is 2.29. The SMILES string of the molecule is CN=C(NN)Nc1cccc(Cl)c1Cl. The standard InChI is InChI=1S/C8H10Cl2N4/c1-12-8(14-11)13-6-4-2-3-5(9)7(6)10/h2-4H,11H2,1H3,(H2,12,13,14). The van der Waals surface area contributed by atoms with Crippen LogP contribution in [0.1, 0.15) is 0 Å². The Kier molecular flexibility index (Phi) is 4.00. The highest BCUT2D eigenvalue weighted by atomic mass is 35.5. The molecule has 0 saturated carbocycles. The van der Waals surface area contributed by atoms with Gasteiger partial charge >= 0.3 is 0 Å². The third kappa shape index (κ3) is 2.51. The van der Waals surface area contributed by atoms with Crippen molar-refractivity contribution in [3.05, 3.63) is 28.2 Å². The van der Waals surface area contributed by atoms with Crippen molar-refractivity contribution in [2.45, 2.75) is 0 Å². The van der Waals surface area contributed by atoms with E-state index >= 15 is 0 Å². The van der Waals surface area contributed by atoms with E-state index in [4.69, 9.17) is 29.0 Å². The molecule has 14 heavy (non-hydrogen) atoms. The molecule has 0 saturated heterocycles. The molecule has 0 bridgehead atoms. The molecule has 0 aliphatic heterocycles. The summed E-state index contributed by atoms with van der Waals surface area (Å²) < 4.78 is 0. The van der Waals surface area contributed by atoms with E-state index in [1.165, 1.54) is 0 Å². The van der Waals surface area contributed by atoms with Crippen LogP contribution in [0.25, 0.3) is 0 Å². The van der Waals surface area contributed by atoms with Gasteiger partial charge in [0.2, 0.25) is 5.96 Å². The second-order valence-electron chi connectivity index (χ2n) is 2.44. The maximum atomic E-state index is 5.93. The van der Waals surface area contributed by atoms with Crippen LogP contribution in [-0.4, -0.2) is 13.0 Å². The van der Waals surface area contributed by atoms with Gasteiger partial charge in [-0.3, -0.25) is 10.4 Å². The van der Waals surface area contributed by atoms with E-state index in [-0.39, 0.29) is 0 Å². The molecule has 1 rings (SSSR count). The van der Waals surface area contributed by atoms with Crippen molar-refractivity contribution in [3.8, 4) is 0 Å². The van der Waals surface area contributed by atoms with Gasteiger partial charge < -0.3 is 5.32 Å². The van der Waals surface area contributed by atoms with Crippen molar-refractivity contribution >= 4 is 34.8 Å². The van der Waals surface area contributed by atoms with E-state index in [2.05, 4.69) is 15.7 Å². The number of hydrogen-bond acceptors (Lipinski definition) is 2. The number of nitrogens with zero attached hydrogens (tertiary/aromatic N) is 1. The molecule has 4 nitrogen and oxygen atoms in total. The monoisotopic (exact) mass is 232 g/mol. The van der Waals surface area contributed by atoms with Crippen LogP contribution in [0.3, 0.4) is 0 Å². The normalized spacial score (nSPS) is 11.3. The molecule has 0 aliphatic rings. The van der Waals surface area contributed by atoms with E-state index in [1.54, 1.807) is 25.2 Å². The number of benzene rings is 1. The summed E-state index contributed by atoms with van der Waals surface area (Å²) in [5.41, 5.74) is 3.03. The van der Waals surface area contributed by atoms with Gasteiger partial charge in [0, 0.05) is 7.05 Å². The Hall–Kier alpha value is -0.970. The summed E-state index contributed by atoms with van der Waals surface area (Å²) in [5, 5.41) is 3.80. The average molecular weight is 233 g/mol. The summed E-state index contributed by atoms with van der Waals surface area (Å²) in [6, 6.07) is 5.25. The molecule has 0 fully saturated rings. The molecular formula is C8H10Cl2N4. The Bertz CT molecular complexity index is 351. The number of aliphatic imine (C=N–C) groups is 1. The van der Waals surface area contributed by atoms with Gasteiger partial charge in [0.05, 0.1) is 15.7 Å². The Balaban J connectivity index is 2.92. The van der Waals surface area contributed by atoms with Crippen LogP contribution >= 0.6 is 23.2 Å². The first-order chi connectivity index (χ1) is 6.69. The lowest BCUT2D eigenvalue weighted by Crippen LogP contribution is -2.36. The van der Waals surface area contributed by atoms with Gasteiger partial charge in [0.1, 0.15) is 0 Å². The predicted octanol–water partition coefficient (Wildman–Crippen LogP) is 1.85. The number of nitrogens with one attached hydrogen (secondary N) is 2. The highest BCUT2D eigenvalue weighted by molar-refractivity contribution is 6.44. The first kappa shape index (κ1) is 11.1. The topological polar surface area (TPSA) is 62.4 Å². The van der Waals surface area contributed by atoms with Crippen LogP contribution in [0.15, 0.2) is 23.2 Å². The van der Waals surface area contributed by atoms with E-state index in [0.717, 1.165) is 0 Å². The fourth-order valence-electron chi connectivity index (χ4n) is 0.884. The second kappa shape index (κ2) is 5.05. The summed E-state index contributed by atoms with van der Waals surface area (Å²) in [5.74, 6) is 5.61. The van der Waals surface area contributed by atoms with Crippen LogP contribution in [-0.2, 0) is 0 Å². The summed E-state index contributed by atoms with van der Waals surface area (Å²) in [6.45, 7) is 0. The molecule has 1 aromatic carbocycles. The van der Waals surface area contributed by atoms with Gasteiger partial charge in [-0.1, -0.05) is 29.3 Å². The van der Waals surface area contributed by atoms with E-state index in [1.807, 2.05) is 0 Å². The van der Waals surface area contributed by atoms with Gasteiger partial charge in [-0.05, 0) is 12.1 Å². The van der Waals surface area contributed by atoms with Gasteiger partial charge in [-0.15, -0.1) is 0 Å². The number of hydrogen-bond donors (Lipinski definition) is 3. The maximum Gasteiger partial charge on any atom is 0.210 e. The minimum Gasteiger partial charge on any atom is -0.324 e. The number of nitrogens with two attached hydrogens (primary N) is 1. The van der Waals surface area contributed by atoms with Gasteiger partial charge in [0.25, 0.3) is 0 Å². The zero-order chi connectivity index (χ0) is 10.6. The number of rotatable bonds is 1. The maximum absolute atomic E-state index is 5.93. The Morgan fingerprint density at radius 3 is 2.71 bits per heavy atom. The fourth-order valence-corrected chi connectivity index (χ4v) is 1.23. The highest BCUT2D eigenvalue weighted by Gasteiger charge is 2.04. The Morgan fingerprint density at radius 2 is 2.14 bits per heavy atom. The molecule has 1 aromatic rings. The number of halogens is 2. The van der Waals surface area contributed by atoms with Crippen LogP contribution in [0.2, 0.25) is 10.0 Å². The van der Waals surface area contributed by atoms with Crippen molar-refractivity contribution in [1.29, 1.82) is 0 Å². The minimum absolute atomic E-state index is 0.411. The largest absolute Gasteiger partial charge is 0.324 e. The minimum atomic E-state index is 0.411. The number of hydrazine groups is 1. The van der Waals surface area contributed by atoms with Crippen LogP contribution in [0.4, 0.5) is 5.69 Å². The third-order valence-electron chi connectivity index (χ3n) is 1.56. The Morgan fingerprint density at radius 1 is 1.43 bits per heavy atom. The summed E-state index contributed by atoms with van der Waals surface area (Å²) in [6.07, 6.45) is 0. The molecule has 76 valence electrons. The molecule has 0 heterocycles. The lowest BCUT2D eigenvalue weighted by Gasteiger charge is -2.10. The second-order valence-corrected chi connectivity index (χ2v) is 3.23. The molecule has 0 aromatic heterocycles. The van der Waals surface area contributed by atoms with E-state index in [9.17, 15) is 0 Å². The fraction of sp³-hybridized carbons (Fsp3) is 0.125. The molecule has 0 amide bonds. The molecular weight excluding hydrogens is 223 g/mol. The van der Waals surface area contributed by atoms with E-state index in [0.29, 0.717) is 21.7 Å². The van der Waals surface area contributed by atoms with Crippen molar-refractivity contribution in [2.75, 3.05) is 12.4 Å². The zero-order valence-corrected chi connectivity index (χ0v) is 9.02. The first-order valence-electron chi connectivity index (χ1n) is 3.83. The predicted molar refractivity (Wildman–Crippen MR) is 60.8 cm³/mol. The molecule has 0 unspecified atom stereocenters. The van der Waals surface area contributed by atoms with Gasteiger partial charge in [-0.2, -0.15) is 0 Å². The molecule has 0 radical (unpaired) electrons. The smallest absolute Gasteiger partial charge is 0.210 e. The van der Waals surface area contributed by atoms with Crippen LogP contribution in [0, 0.1) is 0 Å². The quantitative estimate of drug-likeness (QED) is 0.300. The molecule has 0 aliphatic carbocycles. The number of guanidine groups is 1. The zero-order valence-electron chi connectivity index (χ0n) is 7.51. The van der Waals surface area contributed by atoms with Crippen molar-refractivity contribution in [2.24, 2.45) is 10.8 Å². The lowest BCUT2D eigenvalue weighted by atomic mass is 10.3. The molecule has 6 heteroatoms. The average Bonchev–Trinajstić information content (AvgIpc) is 2.20. The van der Waals surface area contributed by atoms with Crippen molar-refractivity contribution in [1.82, 2.24) is 5.43 Å². The van der Waals surface area contributed by atoms with Crippen molar-refractivity contribution in [3.63, 3.8) is 0 Å². The van der Waals surface area contributed by atoms with Gasteiger partial charge in [0.15, 0.2) is 0 Å². The van der Waals surface area contributed by atoms with Gasteiger partial charge in [-0.25, -0.2) is 5.84 Å². The molecule has 0 spiro atoms. The molecule has 0 atom stereocenters. The number of anilines is 1. The summed E-state index contributed by atoms with van der Waals surface area (Å²) in [7, 11) is 1.60. The third-order valence-corrected chi connectivity index (χ3v) is 2.38. The van der Waals surface area contributed by atoms with Crippen molar-refractivity contribution < 1.29 is 0 Å². The lowest BCUT2D eigenvalue weighted by molar-refractivity contribution is 1.01. The molecule has 4 N–H and O–H groups in total. The summed E-state index contributed by atoms with van der Waals surface area (Å²) >= 11 is 11.8.